The number of nitrogens with two attached hydrogens (primary N) is 2. The highest BCUT2D eigenvalue weighted by molar-refractivity contribution is 7.99. The lowest BCUT2D eigenvalue weighted by molar-refractivity contribution is 0.100. The minimum absolute atomic E-state index is 0.278. The Labute approximate surface area is 160 Å². The summed E-state index contributed by atoms with van der Waals surface area (Å²) in [6.07, 6.45) is 4.89. The van der Waals surface area contributed by atoms with Gasteiger partial charge in [0, 0.05) is 4.90 Å². The second kappa shape index (κ2) is 9.19. The number of hydrogen-bond acceptors (Lipinski definition) is 5. The molecule has 4 nitrogen and oxygen atoms in total. The van der Waals surface area contributed by atoms with Crippen LogP contribution in [0.4, 0.5) is 11.4 Å². The zero-order chi connectivity index (χ0) is 18.4. The zero-order valence-electron chi connectivity index (χ0n) is 15.4. The molecule has 140 valence electrons. The Morgan fingerprint density at radius 3 is 2.62 bits per heavy atom. The summed E-state index contributed by atoms with van der Waals surface area (Å²) >= 11 is 1.67. The number of ether oxygens (including phenoxy) is 1. The van der Waals surface area contributed by atoms with Gasteiger partial charge in [0.05, 0.1) is 16.3 Å². The van der Waals surface area contributed by atoms with Gasteiger partial charge in [-0.3, -0.25) is 0 Å². The molecule has 1 heterocycles. The molecule has 1 saturated heterocycles. The van der Waals surface area contributed by atoms with Crippen molar-refractivity contribution in [3.8, 4) is 5.75 Å². The number of hydrogen-bond donors (Lipinski definition) is 3. The third-order valence-corrected chi connectivity index (χ3v) is 5.94. The maximum Gasteiger partial charge on any atom is 0.133 e. The average molecular weight is 372 g/mol. The standard InChI is InChI=1S/C21H29N3OS/c1-2-5-19(15-10-12-24-13-11-15)25-20-6-3-4-7-21(20)26-16-8-9-17(22)18(23)14-16/h3-4,6-9,14-15,19,24H,2,5,10-13,22-23H2,1H3. The summed E-state index contributed by atoms with van der Waals surface area (Å²) in [4.78, 5) is 2.19. The molecule has 5 N–H and O–H groups in total. The van der Waals surface area contributed by atoms with Crippen LogP contribution in [0.2, 0.25) is 0 Å². The van der Waals surface area contributed by atoms with Crippen LogP contribution in [0.25, 0.3) is 0 Å². The molecule has 1 atom stereocenters. The highest BCUT2D eigenvalue weighted by Gasteiger charge is 2.25. The molecule has 26 heavy (non-hydrogen) atoms. The van der Waals surface area contributed by atoms with Gasteiger partial charge in [0.15, 0.2) is 0 Å². The van der Waals surface area contributed by atoms with E-state index in [1.807, 2.05) is 24.3 Å². The van der Waals surface area contributed by atoms with Crippen LogP contribution in [0, 0.1) is 5.92 Å². The summed E-state index contributed by atoms with van der Waals surface area (Å²) in [5.74, 6) is 1.59. The van der Waals surface area contributed by atoms with Crippen LogP contribution in [0.15, 0.2) is 52.3 Å². The lowest BCUT2D eigenvalue weighted by atomic mass is 9.89. The molecule has 0 radical (unpaired) electrons. The van der Waals surface area contributed by atoms with Crippen molar-refractivity contribution in [2.75, 3.05) is 24.6 Å². The van der Waals surface area contributed by atoms with Crippen LogP contribution < -0.4 is 21.5 Å². The SMILES string of the molecule is CCCC(Oc1ccccc1Sc1ccc(N)c(N)c1)C1CCNCC1. The van der Waals surface area contributed by atoms with Gasteiger partial charge in [0.25, 0.3) is 0 Å². The summed E-state index contributed by atoms with van der Waals surface area (Å²) in [6, 6.07) is 14.1. The Bertz CT molecular complexity index is 716. The fourth-order valence-electron chi connectivity index (χ4n) is 3.43. The van der Waals surface area contributed by atoms with Crippen LogP contribution in [0.5, 0.6) is 5.75 Å². The van der Waals surface area contributed by atoms with E-state index in [9.17, 15) is 0 Å². The molecule has 1 fully saturated rings. The third-order valence-electron chi connectivity index (χ3n) is 4.90. The molecule has 0 amide bonds. The smallest absolute Gasteiger partial charge is 0.133 e. The molecule has 0 saturated carbocycles. The first-order valence-corrected chi connectivity index (χ1v) is 10.3. The lowest BCUT2D eigenvalue weighted by Gasteiger charge is -2.31. The molecule has 0 spiro atoms. The van der Waals surface area contributed by atoms with Gasteiger partial charge in [0.2, 0.25) is 0 Å². The van der Waals surface area contributed by atoms with E-state index in [0.29, 0.717) is 17.3 Å². The van der Waals surface area contributed by atoms with Gasteiger partial charge in [-0.2, -0.15) is 0 Å². The van der Waals surface area contributed by atoms with Gasteiger partial charge in [0.1, 0.15) is 11.9 Å². The monoisotopic (exact) mass is 371 g/mol. The second-order valence-corrected chi connectivity index (χ2v) is 7.99. The van der Waals surface area contributed by atoms with Gasteiger partial charge < -0.3 is 21.5 Å². The van der Waals surface area contributed by atoms with Gasteiger partial charge in [-0.1, -0.05) is 37.2 Å². The first-order chi connectivity index (χ1) is 12.7. The highest BCUT2D eigenvalue weighted by atomic mass is 32.2. The van der Waals surface area contributed by atoms with E-state index in [2.05, 4.69) is 30.4 Å². The van der Waals surface area contributed by atoms with Crippen molar-refractivity contribution in [1.82, 2.24) is 5.32 Å². The molecule has 3 rings (SSSR count). The van der Waals surface area contributed by atoms with Crippen molar-refractivity contribution in [1.29, 1.82) is 0 Å². The largest absolute Gasteiger partial charge is 0.489 e. The molecule has 0 aromatic heterocycles. The quantitative estimate of drug-likeness (QED) is 0.623. The van der Waals surface area contributed by atoms with E-state index in [-0.39, 0.29) is 6.10 Å². The summed E-state index contributed by atoms with van der Waals surface area (Å²) in [6.45, 7) is 4.42. The Kier molecular flexibility index (Phi) is 6.69. The number of para-hydroxylation sites is 1. The van der Waals surface area contributed by atoms with Gasteiger partial charge in [-0.15, -0.1) is 0 Å². The molecule has 2 aromatic carbocycles. The molecule has 0 bridgehead atoms. The Balaban J connectivity index is 1.77. The number of rotatable bonds is 7. The molecule has 1 aliphatic heterocycles. The maximum absolute atomic E-state index is 6.55. The van der Waals surface area contributed by atoms with Crippen LogP contribution >= 0.6 is 11.8 Å². The Hall–Kier alpha value is -1.85. The zero-order valence-corrected chi connectivity index (χ0v) is 16.2. The minimum Gasteiger partial charge on any atom is -0.489 e. The molecule has 1 aliphatic rings. The first-order valence-electron chi connectivity index (χ1n) is 9.46. The summed E-state index contributed by atoms with van der Waals surface area (Å²) in [5, 5.41) is 3.45. The van der Waals surface area contributed by atoms with Crippen molar-refractivity contribution >= 4 is 23.1 Å². The lowest BCUT2D eigenvalue weighted by Crippen LogP contribution is -2.36. The van der Waals surface area contributed by atoms with Crippen molar-refractivity contribution in [3.63, 3.8) is 0 Å². The summed E-state index contributed by atoms with van der Waals surface area (Å²) in [5.41, 5.74) is 13.0. The van der Waals surface area contributed by atoms with Crippen molar-refractivity contribution in [2.45, 2.75) is 48.5 Å². The molecular formula is C21H29N3OS. The second-order valence-electron chi connectivity index (χ2n) is 6.87. The minimum atomic E-state index is 0.278. The van der Waals surface area contributed by atoms with Crippen LogP contribution in [0.1, 0.15) is 32.6 Å². The maximum atomic E-state index is 6.55. The van der Waals surface area contributed by atoms with E-state index in [4.69, 9.17) is 16.2 Å². The number of nitrogens with one attached hydrogen (secondary N) is 1. The van der Waals surface area contributed by atoms with Gasteiger partial charge in [-0.25, -0.2) is 0 Å². The van der Waals surface area contributed by atoms with Crippen molar-refractivity contribution < 1.29 is 4.74 Å². The first kappa shape index (κ1) is 18.9. The van der Waals surface area contributed by atoms with E-state index in [0.717, 1.165) is 41.5 Å². The molecular weight excluding hydrogens is 342 g/mol. The molecule has 2 aromatic rings. The van der Waals surface area contributed by atoms with Crippen LogP contribution in [0.3, 0.4) is 0 Å². The molecule has 5 heteroatoms. The molecule has 0 aliphatic carbocycles. The van der Waals surface area contributed by atoms with E-state index in [1.165, 1.54) is 12.8 Å². The normalized spacial score (nSPS) is 16.3. The van der Waals surface area contributed by atoms with E-state index >= 15 is 0 Å². The summed E-state index contributed by atoms with van der Waals surface area (Å²) in [7, 11) is 0. The number of piperidine rings is 1. The van der Waals surface area contributed by atoms with Crippen molar-refractivity contribution in [2.24, 2.45) is 5.92 Å². The topological polar surface area (TPSA) is 73.3 Å². The Morgan fingerprint density at radius 1 is 1.12 bits per heavy atom. The fraction of sp³-hybridized carbons (Fsp3) is 0.429. The number of anilines is 2. The van der Waals surface area contributed by atoms with Crippen LogP contribution in [-0.2, 0) is 0 Å². The number of benzene rings is 2. The van der Waals surface area contributed by atoms with Gasteiger partial charge in [-0.05, 0) is 68.6 Å². The predicted octanol–water partition coefficient (Wildman–Crippen LogP) is 4.55. The van der Waals surface area contributed by atoms with Crippen LogP contribution in [-0.4, -0.2) is 19.2 Å². The fourth-order valence-corrected chi connectivity index (χ4v) is 4.37. The summed E-state index contributed by atoms with van der Waals surface area (Å²) < 4.78 is 6.55. The predicted molar refractivity (Wildman–Crippen MR) is 111 cm³/mol. The average Bonchev–Trinajstić information content (AvgIpc) is 2.66. The van der Waals surface area contributed by atoms with E-state index in [1.54, 1.807) is 11.8 Å². The molecule has 1 unspecified atom stereocenters. The Morgan fingerprint density at radius 2 is 1.88 bits per heavy atom. The highest BCUT2D eigenvalue weighted by Crippen LogP contribution is 2.38. The third kappa shape index (κ3) is 4.86. The van der Waals surface area contributed by atoms with E-state index < -0.39 is 0 Å². The van der Waals surface area contributed by atoms with Crippen molar-refractivity contribution in [3.05, 3.63) is 42.5 Å². The number of nitrogen functional groups attached to an aromatic ring is 2. The van der Waals surface area contributed by atoms with Gasteiger partial charge >= 0.3 is 0 Å².